The van der Waals surface area contributed by atoms with Crippen LogP contribution in [0.1, 0.15) is 5.56 Å². The third-order valence-corrected chi connectivity index (χ3v) is 2.68. The monoisotopic (exact) mass is 217 g/mol. The van der Waals surface area contributed by atoms with Crippen molar-refractivity contribution in [2.24, 2.45) is 5.10 Å². The van der Waals surface area contributed by atoms with Crippen molar-refractivity contribution in [3.63, 3.8) is 0 Å². The molecule has 0 bridgehead atoms. The molecule has 16 heavy (non-hydrogen) atoms. The molecule has 2 aliphatic rings. The maximum absolute atomic E-state index is 11.3. The predicted octanol–water partition coefficient (Wildman–Crippen LogP) is 0.637. The highest BCUT2D eigenvalue weighted by Gasteiger charge is 2.28. The summed E-state index contributed by atoms with van der Waals surface area (Å²) in [5.41, 5.74) is 4.50. The van der Waals surface area contributed by atoms with Crippen molar-refractivity contribution in [2.75, 3.05) is 18.1 Å². The van der Waals surface area contributed by atoms with Crippen LogP contribution < -0.4 is 15.1 Å². The molecular weight excluding hydrogens is 206 g/mol. The Labute approximate surface area is 92.7 Å². The summed E-state index contributed by atoms with van der Waals surface area (Å²) in [5.74, 6) is 1.45. The van der Waals surface area contributed by atoms with Gasteiger partial charge in [-0.05, 0) is 24.6 Å². The minimum absolute atomic E-state index is 0.0990. The number of carbonyl (C=O) groups is 1. The zero-order valence-corrected chi connectivity index (χ0v) is 8.86. The van der Waals surface area contributed by atoms with E-state index in [1.807, 2.05) is 30.0 Å². The first-order valence-corrected chi connectivity index (χ1v) is 5.10. The standard InChI is InChI=1S/C11H11N3O2/c1-7-2-3-9-8(4-7)14-5-11(15)13-12-10(14)6-16-9/h2-4H,5-6H2,1H3,(H,13,15). The Hall–Kier alpha value is -2.04. The van der Waals surface area contributed by atoms with Gasteiger partial charge >= 0.3 is 0 Å². The summed E-state index contributed by atoms with van der Waals surface area (Å²) >= 11 is 0. The molecule has 2 heterocycles. The lowest BCUT2D eigenvalue weighted by Crippen LogP contribution is -2.49. The molecule has 0 fully saturated rings. The van der Waals surface area contributed by atoms with Crippen molar-refractivity contribution in [3.8, 4) is 5.75 Å². The lowest BCUT2D eigenvalue weighted by atomic mass is 10.1. The van der Waals surface area contributed by atoms with Crippen LogP contribution in [0, 0.1) is 6.92 Å². The predicted molar refractivity (Wildman–Crippen MR) is 59.6 cm³/mol. The number of rotatable bonds is 0. The number of anilines is 1. The molecule has 0 aromatic heterocycles. The van der Waals surface area contributed by atoms with Crippen molar-refractivity contribution < 1.29 is 9.53 Å². The Balaban J connectivity index is 2.10. The molecule has 0 saturated heterocycles. The molecule has 0 atom stereocenters. The van der Waals surface area contributed by atoms with Gasteiger partial charge < -0.3 is 9.64 Å². The molecule has 1 amide bonds. The number of carbonyl (C=O) groups excluding carboxylic acids is 1. The van der Waals surface area contributed by atoms with E-state index < -0.39 is 0 Å². The summed E-state index contributed by atoms with van der Waals surface area (Å²) in [5, 5.41) is 3.98. The van der Waals surface area contributed by atoms with Gasteiger partial charge in [-0.3, -0.25) is 4.79 Å². The molecule has 0 unspecified atom stereocenters. The van der Waals surface area contributed by atoms with Gasteiger partial charge in [0.05, 0.1) is 5.69 Å². The van der Waals surface area contributed by atoms with E-state index in [9.17, 15) is 4.79 Å². The zero-order chi connectivity index (χ0) is 11.1. The van der Waals surface area contributed by atoms with Gasteiger partial charge in [0.25, 0.3) is 5.91 Å². The van der Waals surface area contributed by atoms with Gasteiger partial charge in [-0.2, -0.15) is 5.10 Å². The first-order valence-electron chi connectivity index (χ1n) is 5.10. The van der Waals surface area contributed by atoms with Crippen molar-refractivity contribution in [3.05, 3.63) is 23.8 Å². The summed E-state index contributed by atoms with van der Waals surface area (Å²) in [7, 11) is 0. The van der Waals surface area contributed by atoms with Crippen molar-refractivity contribution in [2.45, 2.75) is 6.92 Å². The summed E-state index contributed by atoms with van der Waals surface area (Å²) in [6.45, 7) is 2.71. The van der Waals surface area contributed by atoms with Crippen molar-refractivity contribution in [1.29, 1.82) is 0 Å². The minimum Gasteiger partial charge on any atom is -0.483 e. The van der Waals surface area contributed by atoms with Crippen LogP contribution in [0.3, 0.4) is 0 Å². The lowest BCUT2D eigenvalue weighted by Gasteiger charge is -2.33. The van der Waals surface area contributed by atoms with E-state index in [-0.39, 0.29) is 5.91 Å². The number of aryl methyl sites for hydroxylation is 1. The van der Waals surface area contributed by atoms with Crippen LogP contribution in [0.2, 0.25) is 0 Å². The first kappa shape index (κ1) is 9.21. The summed E-state index contributed by atoms with van der Waals surface area (Å²) in [6, 6.07) is 5.92. The van der Waals surface area contributed by atoms with E-state index in [1.165, 1.54) is 0 Å². The largest absolute Gasteiger partial charge is 0.483 e. The van der Waals surface area contributed by atoms with Crippen molar-refractivity contribution >= 4 is 17.4 Å². The van der Waals surface area contributed by atoms with Gasteiger partial charge in [0.1, 0.15) is 18.9 Å². The van der Waals surface area contributed by atoms with Crippen LogP contribution in [0.15, 0.2) is 23.3 Å². The lowest BCUT2D eigenvalue weighted by molar-refractivity contribution is -0.119. The smallest absolute Gasteiger partial charge is 0.260 e. The van der Waals surface area contributed by atoms with E-state index in [4.69, 9.17) is 4.74 Å². The van der Waals surface area contributed by atoms with Crippen LogP contribution in [0.5, 0.6) is 5.75 Å². The van der Waals surface area contributed by atoms with Crippen LogP contribution in [0.4, 0.5) is 5.69 Å². The average Bonchev–Trinajstić information content (AvgIpc) is 2.29. The fourth-order valence-corrected chi connectivity index (χ4v) is 1.89. The Morgan fingerprint density at radius 3 is 3.25 bits per heavy atom. The fourth-order valence-electron chi connectivity index (χ4n) is 1.89. The van der Waals surface area contributed by atoms with Crippen LogP contribution >= 0.6 is 0 Å². The molecule has 1 aromatic carbocycles. The molecule has 5 nitrogen and oxygen atoms in total. The van der Waals surface area contributed by atoms with E-state index in [0.717, 1.165) is 22.8 Å². The van der Waals surface area contributed by atoms with Gasteiger partial charge in [-0.25, -0.2) is 5.43 Å². The second-order valence-electron chi connectivity index (χ2n) is 3.91. The summed E-state index contributed by atoms with van der Waals surface area (Å²) in [4.78, 5) is 13.2. The van der Waals surface area contributed by atoms with Gasteiger partial charge in [0.15, 0.2) is 5.84 Å². The maximum Gasteiger partial charge on any atom is 0.260 e. The molecule has 82 valence electrons. The summed E-state index contributed by atoms with van der Waals surface area (Å²) < 4.78 is 5.56. The van der Waals surface area contributed by atoms with Crippen LogP contribution in [-0.4, -0.2) is 24.9 Å². The fraction of sp³-hybridized carbons (Fsp3) is 0.273. The van der Waals surface area contributed by atoms with E-state index in [1.54, 1.807) is 0 Å². The van der Waals surface area contributed by atoms with Crippen molar-refractivity contribution in [1.82, 2.24) is 5.43 Å². The number of amides is 1. The number of hydrazone groups is 1. The Morgan fingerprint density at radius 2 is 2.38 bits per heavy atom. The van der Waals surface area contributed by atoms with Gasteiger partial charge in [-0.15, -0.1) is 0 Å². The average molecular weight is 217 g/mol. The number of hydrogen-bond acceptors (Lipinski definition) is 4. The number of benzene rings is 1. The number of amidine groups is 1. The second-order valence-corrected chi connectivity index (χ2v) is 3.91. The van der Waals surface area contributed by atoms with Gasteiger partial charge in [-0.1, -0.05) is 6.07 Å². The molecule has 5 heteroatoms. The maximum atomic E-state index is 11.3. The third-order valence-electron chi connectivity index (χ3n) is 2.68. The van der Waals surface area contributed by atoms with Gasteiger partial charge in [0, 0.05) is 0 Å². The molecule has 0 saturated carbocycles. The topological polar surface area (TPSA) is 53.9 Å². The molecule has 0 radical (unpaired) electrons. The van der Waals surface area contributed by atoms with Crippen LogP contribution in [0.25, 0.3) is 0 Å². The summed E-state index contributed by atoms with van der Waals surface area (Å²) in [6.07, 6.45) is 0. The van der Waals surface area contributed by atoms with Crippen LogP contribution in [-0.2, 0) is 4.79 Å². The Morgan fingerprint density at radius 1 is 1.50 bits per heavy atom. The molecule has 1 aromatic rings. The Bertz CT molecular complexity index is 496. The van der Waals surface area contributed by atoms with E-state index in [0.29, 0.717) is 13.2 Å². The number of ether oxygens (including phenoxy) is 1. The minimum atomic E-state index is -0.0990. The highest BCUT2D eigenvalue weighted by atomic mass is 16.5. The highest BCUT2D eigenvalue weighted by Crippen LogP contribution is 2.33. The molecule has 0 aliphatic carbocycles. The molecule has 3 rings (SSSR count). The number of nitrogens with zero attached hydrogens (tertiary/aromatic N) is 2. The van der Waals surface area contributed by atoms with E-state index in [2.05, 4.69) is 10.5 Å². The first-order chi connectivity index (χ1) is 7.74. The SMILES string of the molecule is Cc1ccc2c(c1)N1CC(=O)NN=C1CO2. The molecule has 1 N–H and O–H groups in total. The molecule has 0 spiro atoms. The third kappa shape index (κ3) is 1.32. The number of nitrogens with one attached hydrogen (secondary N) is 1. The number of hydrogen-bond donors (Lipinski definition) is 1. The Kier molecular flexibility index (Phi) is 1.86. The second kappa shape index (κ2) is 3.23. The van der Waals surface area contributed by atoms with E-state index >= 15 is 0 Å². The highest BCUT2D eigenvalue weighted by molar-refractivity contribution is 6.07. The normalized spacial score (nSPS) is 17.9. The molecular formula is C11H11N3O2. The van der Waals surface area contributed by atoms with Gasteiger partial charge in [0.2, 0.25) is 0 Å². The quantitative estimate of drug-likeness (QED) is 0.693. The zero-order valence-electron chi connectivity index (χ0n) is 8.86. The number of fused-ring (bicyclic) bond motifs is 3. The molecule has 2 aliphatic heterocycles.